The molecule has 0 amide bonds. The highest BCUT2D eigenvalue weighted by molar-refractivity contribution is 6.36. The lowest BCUT2D eigenvalue weighted by atomic mass is 10.1. The average Bonchev–Trinajstić information content (AvgIpc) is 3.09. The van der Waals surface area contributed by atoms with Gasteiger partial charge in [0.2, 0.25) is 0 Å². The number of hydrogen-bond donors (Lipinski definition) is 1. The second-order valence-electron chi connectivity index (χ2n) is 7.22. The molecule has 0 atom stereocenters. The highest BCUT2D eigenvalue weighted by Crippen LogP contribution is 2.34. The molecule has 5 rings (SSSR count). The molecule has 0 saturated carbocycles. The van der Waals surface area contributed by atoms with Crippen LogP contribution in [0.5, 0.6) is 0 Å². The lowest BCUT2D eigenvalue weighted by molar-refractivity contribution is 0.0699. The van der Waals surface area contributed by atoms with E-state index in [-0.39, 0.29) is 5.56 Å². The summed E-state index contributed by atoms with van der Waals surface area (Å²) < 4.78 is 7.41. The van der Waals surface area contributed by atoms with Crippen molar-refractivity contribution in [2.75, 3.05) is 31.2 Å². The molecule has 0 radical (unpaired) electrons. The highest BCUT2D eigenvalue weighted by atomic mass is 35.5. The summed E-state index contributed by atoms with van der Waals surface area (Å²) in [5.41, 5.74) is 3.79. The van der Waals surface area contributed by atoms with Crippen molar-refractivity contribution in [1.29, 1.82) is 0 Å². The maximum Gasteiger partial charge on any atom is 0.338 e. The number of rotatable bonds is 3. The highest BCUT2D eigenvalue weighted by Gasteiger charge is 2.22. The number of morpholine rings is 1. The number of nitrogens with zero attached hydrogens (tertiary/aromatic N) is 4. The van der Waals surface area contributed by atoms with E-state index in [4.69, 9.17) is 16.3 Å². The van der Waals surface area contributed by atoms with E-state index in [9.17, 15) is 9.90 Å². The number of carboxylic acid groups (broad SMARTS) is 1. The third-order valence-corrected chi connectivity index (χ3v) is 5.77. The molecule has 4 aromatic rings. The molecule has 0 bridgehead atoms. The van der Waals surface area contributed by atoms with Crippen LogP contribution in [0.2, 0.25) is 5.02 Å². The lowest BCUT2D eigenvalue weighted by Crippen LogP contribution is -2.36. The van der Waals surface area contributed by atoms with Crippen molar-refractivity contribution >= 4 is 45.2 Å². The van der Waals surface area contributed by atoms with E-state index in [1.807, 2.05) is 41.8 Å². The molecule has 8 heteroatoms. The summed E-state index contributed by atoms with van der Waals surface area (Å²) in [6, 6.07) is 11.2. The van der Waals surface area contributed by atoms with Crippen LogP contribution in [-0.2, 0) is 4.74 Å². The minimum Gasteiger partial charge on any atom is -0.478 e. The summed E-state index contributed by atoms with van der Waals surface area (Å²) in [4.78, 5) is 23.2. The van der Waals surface area contributed by atoms with Crippen molar-refractivity contribution in [3.8, 4) is 5.69 Å². The molecular weight excluding hydrogens is 404 g/mol. The number of ether oxygens (including phenoxy) is 1. The van der Waals surface area contributed by atoms with E-state index in [2.05, 4.69) is 14.9 Å². The van der Waals surface area contributed by atoms with E-state index in [0.29, 0.717) is 42.7 Å². The van der Waals surface area contributed by atoms with Gasteiger partial charge in [-0.3, -0.25) is 9.55 Å². The van der Waals surface area contributed by atoms with Gasteiger partial charge in [0, 0.05) is 30.4 Å². The molecule has 3 heterocycles. The van der Waals surface area contributed by atoms with Crippen molar-refractivity contribution in [1.82, 2.24) is 14.5 Å². The number of imidazole rings is 1. The zero-order valence-corrected chi connectivity index (χ0v) is 17.1. The fraction of sp³-hybridized carbons (Fsp3) is 0.227. The first kappa shape index (κ1) is 18.8. The predicted octanol–water partition coefficient (Wildman–Crippen LogP) is 4.07. The Morgan fingerprint density at radius 1 is 1.20 bits per heavy atom. The van der Waals surface area contributed by atoms with Gasteiger partial charge in [-0.15, -0.1) is 0 Å². The summed E-state index contributed by atoms with van der Waals surface area (Å²) in [6.45, 7) is 4.51. The fourth-order valence-electron chi connectivity index (χ4n) is 4.08. The normalized spacial score (nSPS) is 14.5. The quantitative estimate of drug-likeness (QED) is 0.536. The van der Waals surface area contributed by atoms with Crippen molar-refractivity contribution < 1.29 is 14.6 Å². The van der Waals surface area contributed by atoms with Gasteiger partial charge in [-0.1, -0.05) is 17.7 Å². The topological polar surface area (TPSA) is 80.5 Å². The first-order valence-electron chi connectivity index (χ1n) is 9.67. The minimum absolute atomic E-state index is 0.181. The molecule has 1 aliphatic rings. The van der Waals surface area contributed by atoms with E-state index in [1.54, 1.807) is 12.3 Å². The monoisotopic (exact) mass is 422 g/mol. The van der Waals surface area contributed by atoms with E-state index >= 15 is 0 Å². The molecule has 1 saturated heterocycles. The summed E-state index contributed by atoms with van der Waals surface area (Å²) in [7, 11) is 0. The number of pyridine rings is 1. The number of anilines is 1. The molecule has 2 aromatic carbocycles. The Morgan fingerprint density at radius 2 is 2.00 bits per heavy atom. The Kier molecular flexibility index (Phi) is 4.56. The van der Waals surface area contributed by atoms with Crippen LogP contribution in [0.15, 0.2) is 42.6 Å². The van der Waals surface area contributed by atoms with Crippen molar-refractivity contribution in [3.05, 3.63) is 59.0 Å². The van der Waals surface area contributed by atoms with Gasteiger partial charge in [-0.05, 0) is 37.3 Å². The molecular formula is C22H19ClN4O3. The van der Waals surface area contributed by atoms with Crippen LogP contribution < -0.4 is 4.90 Å². The van der Waals surface area contributed by atoms with Gasteiger partial charge in [-0.2, -0.15) is 0 Å². The Labute approximate surface area is 177 Å². The molecule has 7 nitrogen and oxygen atoms in total. The zero-order chi connectivity index (χ0) is 20.8. The van der Waals surface area contributed by atoms with Gasteiger partial charge in [0.05, 0.1) is 40.5 Å². The Morgan fingerprint density at radius 3 is 2.77 bits per heavy atom. The van der Waals surface area contributed by atoms with Crippen molar-refractivity contribution in [3.63, 3.8) is 0 Å². The Hall–Kier alpha value is -3.16. The van der Waals surface area contributed by atoms with Gasteiger partial charge in [0.1, 0.15) is 11.3 Å². The van der Waals surface area contributed by atoms with Crippen LogP contribution in [0, 0.1) is 6.92 Å². The number of aromatic nitrogens is 3. The maximum atomic E-state index is 12.0. The van der Waals surface area contributed by atoms with Gasteiger partial charge < -0.3 is 14.7 Å². The van der Waals surface area contributed by atoms with E-state index in [0.717, 1.165) is 27.8 Å². The van der Waals surface area contributed by atoms with Gasteiger partial charge in [0.25, 0.3) is 0 Å². The second-order valence-corrected chi connectivity index (χ2v) is 7.63. The van der Waals surface area contributed by atoms with Crippen LogP contribution in [0.1, 0.15) is 16.2 Å². The third-order valence-electron chi connectivity index (χ3n) is 5.45. The molecule has 152 valence electrons. The van der Waals surface area contributed by atoms with Crippen LogP contribution in [-0.4, -0.2) is 51.9 Å². The largest absolute Gasteiger partial charge is 0.478 e. The summed E-state index contributed by atoms with van der Waals surface area (Å²) >= 11 is 6.53. The molecule has 30 heavy (non-hydrogen) atoms. The van der Waals surface area contributed by atoms with Crippen LogP contribution in [0.25, 0.3) is 27.6 Å². The minimum atomic E-state index is -1.00. The summed E-state index contributed by atoms with van der Waals surface area (Å²) in [5.74, 6) is -0.323. The first-order valence-corrected chi connectivity index (χ1v) is 10.0. The smallest absolute Gasteiger partial charge is 0.338 e. The van der Waals surface area contributed by atoms with Crippen LogP contribution in [0.4, 0.5) is 5.69 Å². The molecule has 2 aromatic heterocycles. The predicted molar refractivity (Wildman–Crippen MR) is 116 cm³/mol. The van der Waals surface area contributed by atoms with Crippen LogP contribution >= 0.6 is 11.6 Å². The number of hydrogen-bond acceptors (Lipinski definition) is 5. The number of carboxylic acids is 1. The third kappa shape index (κ3) is 2.98. The van der Waals surface area contributed by atoms with E-state index < -0.39 is 5.97 Å². The Balaban J connectivity index is 1.83. The fourth-order valence-corrected chi connectivity index (χ4v) is 4.35. The van der Waals surface area contributed by atoms with Crippen LogP contribution in [0.3, 0.4) is 0 Å². The molecule has 0 unspecified atom stereocenters. The van der Waals surface area contributed by atoms with Gasteiger partial charge >= 0.3 is 5.97 Å². The Bertz CT molecular complexity index is 1290. The van der Waals surface area contributed by atoms with E-state index in [1.165, 1.54) is 0 Å². The standard InChI is InChI=1S/C22H19ClN4O3/c1-13-25-21-15(22(28)29)11-14(26-7-9-30-10-8-26)12-19(21)27(13)18-5-6-24-17-4-2-3-16(23)20(17)18/h2-6,11-12H,7-10H2,1H3,(H,28,29). The number of aryl methyl sites for hydroxylation is 1. The van der Waals surface area contributed by atoms with Gasteiger partial charge in [-0.25, -0.2) is 9.78 Å². The molecule has 1 fully saturated rings. The number of aromatic carboxylic acids is 1. The van der Waals surface area contributed by atoms with Crippen molar-refractivity contribution in [2.45, 2.75) is 6.92 Å². The number of carbonyl (C=O) groups is 1. The summed E-state index contributed by atoms with van der Waals surface area (Å²) in [6.07, 6.45) is 1.73. The average molecular weight is 423 g/mol. The van der Waals surface area contributed by atoms with Gasteiger partial charge in [0.15, 0.2) is 0 Å². The zero-order valence-electron chi connectivity index (χ0n) is 16.3. The SMILES string of the molecule is Cc1nc2c(C(=O)O)cc(N3CCOCC3)cc2n1-c1ccnc2cccc(Cl)c12. The number of fused-ring (bicyclic) bond motifs is 2. The number of halogens is 1. The first-order chi connectivity index (χ1) is 14.5. The summed E-state index contributed by atoms with van der Waals surface area (Å²) in [5, 5.41) is 11.3. The molecule has 0 aliphatic carbocycles. The molecule has 1 N–H and O–H groups in total. The second kappa shape index (κ2) is 7.27. The maximum absolute atomic E-state index is 12.0. The lowest BCUT2D eigenvalue weighted by Gasteiger charge is -2.29. The number of benzene rings is 2. The van der Waals surface area contributed by atoms with Crippen molar-refractivity contribution in [2.24, 2.45) is 0 Å². The molecule has 0 spiro atoms. The molecule has 1 aliphatic heterocycles.